The molecule has 0 aliphatic rings. The van der Waals surface area contributed by atoms with Gasteiger partial charge >= 0.3 is 0 Å². The minimum atomic E-state index is -0.120. The third-order valence-corrected chi connectivity index (χ3v) is 3.73. The average molecular weight is 348 g/mol. The Balaban J connectivity index is 1.79. The van der Waals surface area contributed by atoms with Crippen molar-refractivity contribution in [2.75, 3.05) is 16.0 Å². The van der Waals surface area contributed by atoms with Crippen LogP contribution in [-0.4, -0.2) is 21.1 Å². The van der Waals surface area contributed by atoms with Crippen LogP contribution >= 0.6 is 0 Å². The molecule has 0 atom stereocenters. The molecule has 0 saturated heterocycles. The minimum absolute atomic E-state index is 0.120. The van der Waals surface area contributed by atoms with Gasteiger partial charge in [-0.1, -0.05) is 24.3 Å². The predicted octanol–water partition coefficient (Wildman–Crippen LogP) is 3.93. The first-order valence-electron chi connectivity index (χ1n) is 8.19. The SMILES string of the molecule is CC(=O)Nc1cccc(Nc2cnnc(Nc3c(C)cccc3C)n2)c1. The molecule has 0 fully saturated rings. The zero-order chi connectivity index (χ0) is 18.5. The largest absolute Gasteiger partial charge is 0.339 e. The summed E-state index contributed by atoms with van der Waals surface area (Å²) >= 11 is 0. The first-order valence-corrected chi connectivity index (χ1v) is 8.19. The van der Waals surface area contributed by atoms with Gasteiger partial charge in [0.2, 0.25) is 11.9 Å². The molecule has 1 amide bonds. The Hall–Kier alpha value is -3.48. The number of carbonyl (C=O) groups is 1. The van der Waals surface area contributed by atoms with E-state index in [4.69, 9.17) is 0 Å². The van der Waals surface area contributed by atoms with Gasteiger partial charge < -0.3 is 16.0 Å². The molecular weight excluding hydrogens is 328 g/mol. The highest BCUT2D eigenvalue weighted by Gasteiger charge is 2.06. The van der Waals surface area contributed by atoms with E-state index in [0.717, 1.165) is 22.5 Å². The molecule has 0 unspecified atom stereocenters. The van der Waals surface area contributed by atoms with Crippen LogP contribution in [0.3, 0.4) is 0 Å². The molecule has 7 nitrogen and oxygen atoms in total. The van der Waals surface area contributed by atoms with Crippen molar-refractivity contribution in [3.8, 4) is 0 Å². The Morgan fingerprint density at radius 3 is 2.38 bits per heavy atom. The maximum Gasteiger partial charge on any atom is 0.249 e. The highest BCUT2D eigenvalue weighted by Crippen LogP contribution is 2.23. The second-order valence-corrected chi connectivity index (χ2v) is 5.94. The summed E-state index contributed by atoms with van der Waals surface area (Å²) in [6.45, 7) is 5.52. The molecule has 0 spiro atoms. The molecule has 3 rings (SSSR count). The Labute approximate surface area is 151 Å². The number of aryl methyl sites for hydroxylation is 2. The molecule has 1 heterocycles. The zero-order valence-electron chi connectivity index (χ0n) is 14.9. The molecule has 0 bridgehead atoms. The van der Waals surface area contributed by atoms with E-state index in [1.54, 1.807) is 6.20 Å². The van der Waals surface area contributed by atoms with Crippen molar-refractivity contribution < 1.29 is 4.79 Å². The predicted molar refractivity (Wildman–Crippen MR) is 103 cm³/mol. The lowest BCUT2D eigenvalue weighted by Gasteiger charge is -2.12. The Morgan fingerprint density at radius 1 is 0.962 bits per heavy atom. The lowest BCUT2D eigenvalue weighted by atomic mass is 10.1. The smallest absolute Gasteiger partial charge is 0.249 e. The van der Waals surface area contributed by atoms with Gasteiger partial charge in [0.25, 0.3) is 0 Å². The molecule has 7 heteroatoms. The summed E-state index contributed by atoms with van der Waals surface area (Å²) in [6, 6.07) is 13.4. The first-order chi connectivity index (χ1) is 12.5. The van der Waals surface area contributed by atoms with Gasteiger partial charge in [0.1, 0.15) is 0 Å². The second-order valence-electron chi connectivity index (χ2n) is 5.94. The summed E-state index contributed by atoms with van der Waals surface area (Å²) in [6.07, 6.45) is 1.54. The Morgan fingerprint density at radius 2 is 1.65 bits per heavy atom. The number of aromatic nitrogens is 3. The van der Waals surface area contributed by atoms with Crippen molar-refractivity contribution in [1.29, 1.82) is 0 Å². The van der Waals surface area contributed by atoms with Crippen LogP contribution in [-0.2, 0) is 4.79 Å². The fourth-order valence-electron chi connectivity index (χ4n) is 2.57. The van der Waals surface area contributed by atoms with Crippen LogP contribution < -0.4 is 16.0 Å². The summed E-state index contributed by atoms with van der Waals surface area (Å²) < 4.78 is 0. The number of benzene rings is 2. The molecule has 2 aromatic carbocycles. The van der Waals surface area contributed by atoms with Crippen LogP contribution in [0.25, 0.3) is 0 Å². The van der Waals surface area contributed by atoms with E-state index in [2.05, 4.69) is 31.1 Å². The number of nitrogens with one attached hydrogen (secondary N) is 3. The van der Waals surface area contributed by atoms with Crippen molar-refractivity contribution in [1.82, 2.24) is 15.2 Å². The van der Waals surface area contributed by atoms with E-state index in [1.165, 1.54) is 6.92 Å². The van der Waals surface area contributed by atoms with Gasteiger partial charge in [-0.2, -0.15) is 10.1 Å². The van der Waals surface area contributed by atoms with Gasteiger partial charge in [0, 0.05) is 24.0 Å². The number of amides is 1. The summed E-state index contributed by atoms with van der Waals surface area (Å²) in [7, 11) is 0. The van der Waals surface area contributed by atoms with Crippen LogP contribution in [0.4, 0.5) is 28.8 Å². The lowest BCUT2D eigenvalue weighted by Crippen LogP contribution is -2.06. The molecule has 0 radical (unpaired) electrons. The van der Waals surface area contributed by atoms with Crippen molar-refractivity contribution in [3.63, 3.8) is 0 Å². The highest BCUT2D eigenvalue weighted by atomic mass is 16.1. The highest BCUT2D eigenvalue weighted by molar-refractivity contribution is 5.89. The molecule has 1 aromatic heterocycles. The van der Waals surface area contributed by atoms with E-state index in [9.17, 15) is 4.79 Å². The van der Waals surface area contributed by atoms with Crippen LogP contribution in [0.2, 0.25) is 0 Å². The van der Waals surface area contributed by atoms with Crippen LogP contribution in [0, 0.1) is 13.8 Å². The number of anilines is 5. The molecule has 26 heavy (non-hydrogen) atoms. The normalized spacial score (nSPS) is 10.3. The van der Waals surface area contributed by atoms with Gasteiger partial charge in [-0.25, -0.2) is 0 Å². The Bertz CT molecular complexity index is 921. The van der Waals surface area contributed by atoms with Gasteiger partial charge in [0.05, 0.1) is 6.20 Å². The number of nitrogens with zero attached hydrogens (tertiary/aromatic N) is 3. The molecule has 0 aliphatic heterocycles. The van der Waals surface area contributed by atoms with Crippen molar-refractivity contribution >= 4 is 34.7 Å². The maximum absolute atomic E-state index is 11.2. The number of hydrogen-bond acceptors (Lipinski definition) is 6. The fourth-order valence-corrected chi connectivity index (χ4v) is 2.57. The molecule has 0 saturated carbocycles. The summed E-state index contributed by atoms with van der Waals surface area (Å²) in [5.74, 6) is 0.838. The van der Waals surface area contributed by atoms with Gasteiger partial charge in [-0.05, 0) is 43.2 Å². The third kappa shape index (κ3) is 4.32. The number of carbonyl (C=O) groups excluding carboxylic acids is 1. The average Bonchev–Trinajstić information content (AvgIpc) is 2.58. The van der Waals surface area contributed by atoms with Gasteiger partial charge in [0.15, 0.2) is 5.82 Å². The lowest BCUT2D eigenvalue weighted by molar-refractivity contribution is -0.114. The topological polar surface area (TPSA) is 91.8 Å². The third-order valence-electron chi connectivity index (χ3n) is 3.73. The quantitative estimate of drug-likeness (QED) is 0.647. The molecule has 3 aromatic rings. The molecule has 132 valence electrons. The Kier molecular flexibility index (Phi) is 5.07. The van der Waals surface area contributed by atoms with Crippen LogP contribution in [0.5, 0.6) is 0 Å². The van der Waals surface area contributed by atoms with E-state index in [0.29, 0.717) is 17.5 Å². The second kappa shape index (κ2) is 7.60. The summed E-state index contributed by atoms with van der Waals surface area (Å²) in [5, 5.41) is 17.2. The van der Waals surface area contributed by atoms with Crippen molar-refractivity contribution in [3.05, 3.63) is 59.8 Å². The van der Waals surface area contributed by atoms with Crippen molar-refractivity contribution in [2.45, 2.75) is 20.8 Å². The maximum atomic E-state index is 11.2. The number of para-hydroxylation sites is 1. The van der Waals surface area contributed by atoms with E-state index in [-0.39, 0.29) is 5.91 Å². The van der Waals surface area contributed by atoms with Gasteiger partial charge in [-0.15, -0.1) is 5.10 Å². The standard InChI is InChI=1S/C19H20N6O/c1-12-6-4-7-13(2)18(12)24-19-23-17(11-20-25-19)22-16-9-5-8-15(10-16)21-14(3)26/h4-11H,1-3H3,(H,21,26)(H2,22,23,24,25). The van der Waals surface area contributed by atoms with E-state index in [1.807, 2.05) is 56.3 Å². The van der Waals surface area contributed by atoms with Crippen LogP contribution in [0.1, 0.15) is 18.1 Å². The number of hydrogen-bond donors (Lipinski definition) is 3. The molecular formula is C19H20N6O. The van der Waals surface area contributed by atoms with E-state index < -0.39 is 0 Å². The van der Waals surface area contributed by atoms with Crippen molar-refractivity contribution in [2.24, 2.45) is 0 Å². The number of rotatable bonds is 5. The molecule has 0 aliphatic carbocycles. The fraction of sp³-hybridized carbons (Fsp3) is 0.158. The first kappa shape index (κ1) is 17.3. The summed E-state index contributed by atoms with van der Waals surface area (Å²) in [4.78, 5) is 15.6. The van der Waals surface area contributed by atoms with Gasteiger partial charge in [-0.3, -0.25) is 4.79 Å². The zero-order valence-corrected chi connectivity index (χ0v) is 14.9. The monoisotopic (exact) mass is 348 g/mol. The van der Waals surface area contributed by atoms with Crippen LogP contribution in [0.15, 0.2) is 48.7 Å². The summed E-state index contributed by atoms with van der Waals surface area (Å²) in [5.41, 5.74) is 4.68. The minimum Gasteiger partial charge on any atom is -0.339 e. The van der Waals surface area contributed by atoms with E-state index >= 15 is 0 Å². The molecule has 3 N–H and O–H groups in total.